The molecule has 2 aromatic carbocycles. The quantitative estimate of drug-likeness (QED) is 0.661. The van der Waals surface area contributed by atoms with Gasteiger partial charge in [0.1, 0.15) is 37.2 Å². The van der Waals surface area contributed by atoms with Crippen molar-refractivity contribution in [3.8, 4) is 11.5 Å². The molecule has 0 unspecified atom stereocenters. The Morgan fingerprint density at radius 1 is 1.16 bits per heavy atom. The highest BCUT2D eigenvalue weighted by Crippen LogP contribution is 2.31. The number of ether oxygens (including phenoxy) is 3. The highest BCUT2D eigenvalue weighted by atomic mass is 16.5. The van der Waals surface area contributed by atoms with Crippen molar-refractivity contribution >= 4 is 17.5 Å². The SMILES string of the molecule is COc1ccc([C@@H](CNC(=O)CN2C(=O)COc3ccccc32)[NH+]2CCOCC2)cc1. The molecular formula is C23H28N3O5+. The van der Waals surface area contributed by atoms with Crippen LogP contribution in [-0.4, -0.2) is 64.9 Å². The molecule has 0 radical (unpaired) electrons. The Labute approximate surface area is 181 Å². The summed E-state index contributed by atoms with van der Waals surface area (Å²) in [5.74, 6) is 0.993. The number of para-hydroxylation sites is 2. The van der Waals surface area contributed by atoms with Crippen LogP contribution in [0.5, 0.6) is 11.5 Å². The van der Waals surface area contributed by atoms with Crippen LogP contribution < -0.4 is 24.6 Å². The molecule has 8 nitrogen and oxygen atoms in total. The van der Waals surface area contributed by atoms with E-state index >= 15 is 0 Å². The number of fused-ring (bicyclic) bond motifs is 1. The van der Waals surface area contributed by atoms with E-state index < -0.39 is 0 Å². The number of methoxy groups -OCH3 is 1. The summed E-state index contributed by atoms with van der Waals surface area (Å²) in [6.45, 7) is 3.54. The van der Waals surface area contributed by atoms with Crippen LogP contribution in [-0.2, 0) is 14.3 Å². The van der Waals surface area contributed by atoms with Crippen LogP contribution in [0.15, 0.2) is 48.5 Å². The van der Waals surface area contributed by atoms with E-state index in [0.717, 1.165) is 24.4 Å². The normalized spacial score (nSPS) is 17.5. The summed E-state index contributed by atoms with van der Waals surface area (Å²) < 4.78 is 16.2. The van der Waals surface area contributed by atoms with Crippen LogP contribution >= 0.6 is 0 Å². The summed E-state index contributed by atoms with van der Waals surface area (Å²) in [5.41, 5.74) is 1.75. The maximum Gasteiger partial charge on any atom is 0.265 e. The second kappa shape index (κ2) is 9.80. The number of anilines is 1. The fourth-order valence-electron chi connectivity index (χ4n) is 4.06. The number of rotatable bonds is 7. The molecule has 0 bridgehead atoms. The Morgan fingerprint density at radius 3 is 2.65 bits per heavy atom. The van der Waals surface area contributed by atoms with E-state index in [4.69, 9.17) is 14.2 Å². The van der Waals surface area contributed by atoms with Gasteiger partial charge in [-0.2, -0.15) is 0 Å². The second-order valence-electron chi connectivity index (χ2n) is 7.64. The molecule has 0 aromatic heterocycles. The van der Waals surface area contributed by atoms with Crippen LogP contribution in [0.1, 0.15) is 11.6 Å². The minimum Gasteiger partial charge on any atom is -0.497 e. The van der Waals surface area contributed by atoms with E-state index in [9.17, 15) is 9.59 Å². The smallest absolute Gasteiger partial charge is 0.265 e. The number of benzene rings is 2. The third-order valence-corrected chi connectivity index (χ3v) is 5.76. The van der Waals surface area contributed by atoms with E-state index in [-0.39, 0.29) is 31.0 Å². The first kappa shape index (κ1) is 21.1. The minimum absolute atomic E-state index is 0.0347. The Bertz CT molecular complexity index is 912. The molecule has 2 aliphatic rings. The molecular weight excluding hydrogens is 398 g/mol. The number of hydrogen-bond donors (Lipinski definition) is 2. The second-order valence-corrected chi connectivity index (χ2v) is 7.64. The van der Waals surface area contributed by atoms with Crippen molar-refractivity contribution in [3.63, 3.8) is 0 Å². The van der Waals surface area contributed by atoms with Crippen LogP contribution in [0.4, 0.5) is 5.69 Å². The Balaban J connectivity index is 1.44. The zero-order valence-electron chi connectivity index (χ0n) is 17.6. The molecule has 2 amide bonds. The Kier molecular flexibility index (Phi) is 6.69. The van der Waals surface area contributed by atoms with Gasteiger partial charge in [0.25, 0.3) is 5.91 Å². The van der Waals surface area contributed by atoms with Crippen LogP contribution in [0.3, 0.4) is 0 Å². The van der Waals surface area contributed by atoms with Crippen molar-refractivity contribution in [3.05, 3.63) is 54.1 Å². The number of carbonyl (C=O) groups excluding carboxylic acids is 2. The van der Waals surface area contributed by atoms with Gasteiger partial charge in [-0.15, -0.1) is 0 Å². The monoisotopic (exact) mass is 426 g/mol. The number of quaternary nitrogens is 1. The van der Waals surface area contributed by atoms with Gasteiger partial charge < -0.3 is 24.4 Å². The molecule has 0 spiro atoms. The third kappa shape index (κ3) is 4.98. The summed E-state index contributed by atoms with van der Waals surface area (Å²) in [7, 11) is 1.64. The number of nitrogens with one attached hydrogen (secondary N) is 2. The van der Waals surface area contributed by atoms with Crippen molar-refractivity contribution < 1.29 is 28.7 Å². The van der Waals surface area contributed by atoms with Gasteiger partial charge in [0.2, 0.25) is 5.91 Å². The van der Waals surface area contributed by atoms with Crippen LogP contribution in [0.2, 0.25) is 0 Å². The fourth-order valence-corrected chi connectivity index (χ4v) is 4.06. The molecule has 1 fully saturated rings. The lowest BCUT2D eigenvalue weighted by atomic mass is 10.0. The predicted molar refractivity (Wildman–Crippen MR) is 115 cm³/mol. The molecule has 2 heterocycles. The van der Waals surface area contributed by atoms with Crippen molar-refractivity contribution in [2.45, 2.75) is 6.04 Å². The summed E-state index contributed by atoms with van der Waals surface area (Å²) in [5, 5.41) is 3.04. The van der Waals surface area contributed by atoms with E-state index in [2.05, 4.69) is 5.32 Å². The molecule has 2 aliphatic heterocycles. The van der Waals surface area contributed by atoms with E-state index in [1.165, 1.54) is 9.80 Å². The molecule has 2 aromatic rings. The van der Waals surface area contributed by atoms with Crippen molar-refractivity contribution in [1.29, 1.82) is 0 Å². The number of morpholine rings is 1. The summed E-state index contributed by atoms with van der Waals surface area (Å²) in [6, 6.07) is 15.3. The summed E-state index contributed by atoms with van der Waals surface area (Å²) in [6.07, 6.45) is 0. The lowest BCUT2D eigenvalue weighted by Gasteiger charge is -2.32. The molecule has 4 rings (SSSR count). The molecule has 31 heavy (non-hydrogen) atoms. The number of nitrogens with zero attached hydrogens (tertiary/aromatic N) is 1. The number of hydrogen-bond acceptors (Lipinski definition) is 5. The third-order valence-electron chi connectivity index (χ3n) is 5.76. The zero-order valence-corrected chi connectivity index (χ0v) is 17.6. The van der Waals surface area contributed by atoms with Crippen molar-refractivity contribution in [2.75, 3.05) is 58.0 Å². The lowest BCUT2D eigenvalue weighted by molar-refractivity contribution is -0.937. The molecule has 8 heteroatoms. The number of carbonyl (C=O) groups is 2. The van der Waals surface area contributed by atoms with E-state index in [1.807, 2.05) is 36.4 Å². The molecule has 1 atom stereocenters. The standard InChI is InChI=1S/C23H27N3O5/c1-29-18-8-6-17(7-9-18)20(25-10-12-30-13-11-25)14-24-22(27)15-26-19-4-2-3-5-21(19)31-16-23(26)28/h2-9,20H,10-16H2,1H3,(H,24,27)/p+1/t20-/m1/s1. The molecule has 0 saturated carbocycles. The van der Waals surface area contributed by atoms with Crippen LogP contribution in [0.25, 0.3) is 0 Å². The largest absolute Gasteiger partial charge is 0.497 e. The van der Waals surface area contributed by atoms with Crippen molar-refractivity contribution in [1.82, 2.24) is 5.32 Å². The first-order valence-electron chi connectivity index (χ1n) is 10.5. The Hall–Kier alpha value is -3.10. The fraction of sp³-hybridized carbons (Fsp3) is 0.391. The van der Waals surface area contributed by atoms with E-state index in [0.29, 0.717) is 31.2 Å². The van der Waals surface area contributed by atoms with Gasteiger partial charge >= 0.3 is 0 Å². The van der Waals surface area contributed by atoms with Crippen molar-refractivity contribution in [2.24, 2.45) is 0 Å². The topological polar surface area (TPSA) is 81.5 Å². The summed E-state index contributed by atoms with van der Waals surface area (Å²) >= 11 is 0. The first-order chi connectivity index (χ1) is 15.2. The highest BCUT2D eigenvalue weighted by molar-refractivity contribution is 6.02. The maximum absolute atomic E-state index is 12.8. The zero-order chi connectivity index (χ0) is 21.6. The van der Waals surface area contributed by atoms with E-state index in [1.54, 1.807) is 19.2 Å². The highest BCUT2D eigenvalue weighted by Gasteiger charge is 2.29. The molecule has 2 N–H and O–H groups in total. The van der Waals surface area contributed by atoms with Gasteiger partial charge in [0.15, 0.2) is 6.61 Å². The van der Waals surface area contributed by atoms with Gasteiger partial charge in [-0.3, -0.25) is 14.5 Å². The number of amides is 2. The van der Waals surface area contributed by atoms with Crippen LogP contribution in [0, 0.1) is 0 Å². The molecule has 1 saturated heterocycles. The lowest BCUT2D eigenvalue weighted by Crippen LogP contribution is -3.15. The molecule has 164 valence electrons. The minimum atomic E-state index is -0.223. The predicted octanol–water partition coefficient (Wildman–Crippen LogP) is 0.193. The van der Waals surface area contributed by atoms with Gasteiger partial charge in [0, 0.05) is 5.56 Å². The van der Waals surface area contributed by atoms with Gasteiger partial charge in [0.05, 0.1) is 32.6 Å². The average Bonchev–Trinajstić information content (AvgIpc) is 2.82. The maximum atomic E-state index is 12.8. The Morgan fingerprint density at radius 2 is 1.90 bits per heavy atom. The van der Waals surface area contributed by atoms with Gasteiger partial charge in [-0.05, 0) is 36.4 Å². The summed E-state index contributed by atoms with van der Waals surface area (Å²) in [4.78, 5) is 28.0. The average molecular weight is 426 g/mol. The van der Waals surface area contributed by atoms with Gasteiger partial charge in [-0.1, -0.05) is 12.1 Å². The van der Waals surface area contributed by atoms with Gasteiger partial charge in [-0.25, -0.2) is 0 Å². The first-order valence-corrected chi connectivity index (χ1v) is 10.5. The molecule has 0 aliphatic carbocycles.